The summed E-state index contributed by atoms with van der Waals surface area (Å²) in [5.74, 6) is 0.409. The third-order valence-electron chi connectivity index (χ3n) is 4.74. The van der Waals surface area contributed by atoms with Crippen LogP contribution in [0.3, 0.4) is 0 Å². The smallest absolute Gasteiger partial charge is 0.223 e. The predicted octanol–water partition coefficient (Wildman–Crippen LogP) is 1.40. The zero-order chi connectivity index (χ0) is 18.5. The number of hydrogen-bond acceptors (Lipinski definition) is 5. The number of benzene rings is 1. The van der Waals surface area contributed by atoms with Crippen molar-refractivity contribution in [3.05, 3.63) is 41.7 Å². The Bertz CT molecular complexity index is 819. The molecule has 7 nitrogen and oxygen atoms in total. The monoisotopic (exact) mass is 356 g/mol. The molecular formula is C18H21FN6O. The second-order valence-electron chi connectivity index (χ2n) is 6.44. The van der Waals surface area contributed by atoms with Crippen molar-refractivity contribution in [2.75, 3.05) is 24.5 Å². The standard InChI is InChI=1S/C18H21FN6O/c1-24-12-22-23-17(24)4-7-21-18(26)14-5-8-25(9-6-14)16-3-2-13(11-20)10-15(16)19/h2-3,10,12,14H,4-9H2,1H3,(H,21,26). The van der Waals surface area contributed by atoms with Gasteiger partial charge in [0.25, 0.3) is 0 Å². The maximum atomic E-state index is 14.1. The van der Waals surface area contributed by atoms with Crippen molar-refractivity contribution in [3.63, 3.8) is 0 Å². The third kappa shape index (κ3) is 3.99. The summed E-state index contributed by atoms with van der Waals surface area (Å²) in [5.41, 5.74) is 0.800. The van der Waals surface area contributed by atoms with Gasteiger partial charge in [-0.05, 0) is 31.0 Å². The number of carbonyl (C=O) groups excluding carboxylic acids is 1. The van der Waals surface area contributed by atoms with Gasteiger partial charge < -0.3 is 14.8 Å². The number of halogens is 1. The number of amides is 1. The highest BCUT2D eigenvalue weighted by Crippen LogP contribution is 2.26. The second-order valence-corrected chi connectivity index (χ2v) is 6.44. The Morgan fingerprint density at radius 1 is 1.42 bits per heavy atom. The lowest BCUT2D eigenvalue weighted by Crippen LogP contribution is -2.41. The first-order valence-corrected chi connectivity index (χ1v) is 8.63. The topological polar surface area (TPSA) is 86.8 Å². The quantitative estimate of drug-likeness (QED) is 0.875. The summed E-state index contributed by atoms with van der Waals surface area (Å²) in [6.45, 7) is 1.75. The van der Waals surface area contributed by atoms with E-state index in [1.807, 2.05) is 22.6 Å². The Balaban J connectivity index is 1.48. The number of rotatable bonds is 5. The van der Waals surface area contributed by atoms with E-state index < -0.39 is 5.82 Å². The third-order valence-corrected chi connectivity index (χ3v) is 4.74. The van der Waals surface area contributed by atoms with Gasteiger partial charge in [0, 0.05) is 39.0 Å². The highest BCUT2D eigenvalue weighted by atomic mass is 19.1. The number of nitrogens with zero attached hydrogens (tertiary/aromatic N) is 5. The lowest BCUT2D eigenvalue weighted by molar-refractivity contribution is -0.125. The van der Waals surface area contributed by atoms with Crippen molar-refractivity contribution in [2.45, 2.75) is 19.3 Å². The van der Waals surface area contributed by atoms with Crippen molar-refractivity contribution in [2.24, 2.45) is 13.0 Å². The van der Waals surface area contributed by atoms with Gasteiger partial charge in [-0.25, -0.2) is 4.39 Å². The lowest BCUT2D eigenvalue weighted by Gasteiger charge is -2.33. The van der Waals surface area contributed by atoms with Gasteiger partial charge in [-0.3, -0.25) is 4.79 Å². The van der Waals surface area contributed by atoms with Gasteiger partial charge in [-0.15, -0.1) is 10.2 Å². The van der Waals surface area contributed by atoms with Crippen molar-refractivity contribution in [3.8, 4) is 6.07 Å². The van der Waals surface area contributed by atoms with Crippen molar-refractivity contribution in [1.82, 2.24) is 20.1 Å². The van der Waals surface area contributed by atoms with E-state index in [4.69, 9.17) is 5.26 Å². The fraction of sp³-hybridized carbons (Fsp3) is 0.444. The maximum Gasteiger partial charge on any atom is 0.223 e. The summed E-state index contributed by atoms with van der Waals surface area (Å²) in [7, 11) is 1.87. The van der Waals surface area contributed by atoms with E-state index >= 15 is 0 Å². The molecule has 0 saturated carbocycles. The molecule has 3 rings (SSSR count). The van der Waals surface area contributed by atoms with Crippen LogP contribution in [-0.4, -0.2) is 40.3 Å². The molecule has 1 saturated heterocycles. The molecule has 0 spiro atoms. The Kier molecular flexibility index (Phi) is 5.46. The second kappa shape index (κ2) is 7.95. The summed E-state index contributed by atoms with van der Waals surface area (Å²) >= 11 is 0. The number of hydrogen-bond donors (Lipinski definition) is 1. The zero-order valence-corrected chi connectivity index (χ0v) is 14.7. The van der Waals surface area contributed by atoms with Gasteiger partial charge in [0.1, 0.15) is 18.0 Å². The maximum absolute atomic E-state index is 14.1. The van der Waals surface area contributed by atoms with Gasteiger partial charge in [-0.2, -0.15) is 5.26 Å². The SMILES string of the molecule is Cn1cnnc1CCNC(=O)C1CCN(c2ccc(C#N)cc2F)CC1. The number of nitriles is 1. The van der Waals surface area contributed by atoms with E-state index in [2.05, 4.69) is 15.5 Å². The fourth-order valence-corrected chi connectivity index (χ4v) is 3.19. The first kappa shape index (κ1) is 17.9. The van der Waals surface area contributed by atoms with Gasteiger partial charge in [-0.1, -0.05) is 0 Å². The summed E-state index contributed by atoms with van der Waals surface area (Å²) in [4.78, 5) is 14.3. The predicted molar refractivity (Wildman–Crippen MR) is 93.8 cm³/mol. The van der Waals surface area contributed by atoms with Crippen LogP contribution in [-0.2, 0) is 18.3 Å². The zero-order valence-electron chi connectivity index (χ0n) is 14.7. The summed E-state index contributed by atoms with van der Waals surface area (Å²) in [6, 6.07) is 6.43. The first-order chi connectivity index (χ1) is 12.6. The fourth-order valence-electron chi connectivity index (χ4n) is 3.19. The van der Waals surface area contributed by atoms with Crippen molar-refractivity contribution in [1.29, 1.82) is 5.26 Å². The molecule has 0 aliphatic carbocycles. The average molecular weight is 356 g/mol. The molecule has 0 atom stereocenters. The van der Waals surface area contributed by atoms with Gasteiger partial charge in [0.2, 0.25) is 5.91 Å². The van der Waals surface area contributed by atoms with E-state index in [-0.39, 0.29) is 11.8 Å². The molecule has 8 heteroatoms. The molecule has 1 aliphatic heterocycles. The summed E-state index contributed by atoms with van der Waals surface area (Å²) < 4.78 is 16.0. The van der Waals surface area contributed by atoms with Crippen LogP contribution in [0.4, 0.5) is 10.1 Å². The van der Waals surface area contributed by atoms with Crippen molar-refractivity contribution >= 4 is 11.6 Å². The number of piperidine rings is 1. The molecule has 0 unspecified atom stereocenters. The molecule has 2 aromatic rings. The summed E-state index contributed by atoms with van der Waals surface area (Å²) in [5, 5.41) is 19.6. The van der Waals surface area contributed by atoms with E-state index in [1.165, 1.54) is 6.07 Å². The van der Waals surface area contributed by atoms with Crippen LogP contribution in [0.25, 0.3) is 0 Å². The average Bonchev–Trinajstić information content (AvgIpc) is 3.06. The molecule has 26 heavy (non-hydrogen) atoms. The van der Waals surface area contributed by atoms with E-state index in [1.54, 1.807) is 18.5 Å². The molecule has 1 fully saturated rings. The molecule has 0 bridgehead atoms. The normalized spacial score (nSPS) is 14.9. The van der Waals surface area contributed by atoms with E-state index in [0.29, 0.717) is 50.1 Å². The van der Waals surface area contributed by atoms with E-state index in [0.717, 1.165) is 5.82 Å². The highest BCUT2D eigenvalue weighted by molar-refractivity contribution is 5.79. The van der Waals surface area contributed by atoms with Gasteiger partial charge in [0.05, 0.1) is 17.3 Å². The molecule has 1 aromatic heterocycles. The van der Waals surface area contributed by atoms with Crippen LogP contribution < -0.4 is 10.2 Å². The Labute approximate surface area is 151 Å². The number of anilines is 1. The molecule has 0 radical (unpaired) electrons. The Hall–Kier alpha value is -2.95. The van der Waals surface area contributed by atoms with Gasteiger partial charge >= 0.3 is 0 Å². The highest BCUT2D eigenvalue weighted by Gasteiger charge is 2.26. The van der Waals surface area contributed by atoms with Crippen molar-refractivity contribution < 1.29 is 9.18 Å². The number of nitrogens with one attached hydrogen (secondary N) is 1. The Morgan fingerprint density at radius 3 is 2.81 bits per heavy atom. The molecule has 1 N–H and O–H groups in total. The molecular weight excluding hydrogens is 335 g/mol. The summed E-state index contributed by atoms with van der Waals surface area (Å²) in [6.07, 6.45) is 3.62. The molecule has 1 aromatic carbocycles. The number of aromatic nitrogens is 3. The van der Waals surface area contributed by atoms with Crippen LogP contribution in [0, 0.1) is 23.1 Å². The Morgan fingerprint density at radius 2 is 2.19 bits per heavy atom. The number of carbonyl (C=O) groups is 1. The molecule has 1 aliphatic rings. The van der Waals surface area contributed by atoms with Gasteiger partial charge in [0.15, 0.2) is 0 Å². The minimum atomic E-state index is -0.393. The van der Waals surface area contributed by atoms with Crippen LogP contribution in [0.1, 0.15) is 24.2 Å². The minimum Gasteiger partial charge on any atom is -0.369 e. The van der Waals surface area contributed by atoms with Crippen LogP contribution in [0.2, 0.25) is 0 Å². The van der Waals surface area contributed by atoms with Crippen LogP contribution in [0.15, 0.2) is 24.5 Å². The number of aryl methyl sites for hydroxylation is 1. The molecule has 1 amide bonds. The van der Waals surface area contributed by atoms with Crippen LogP contribution in [0.5, 0.6) is 0 Å². The first-order valence-electron chi connectivity index (χ1n) is 8.63. The van der Waals surface area contributed by atoms with Crippen LogP contribution >= 0.6 is 0 Å². The molecule has 136 valence electrons. The minimum absolute atomic E-state index is 0.0344. The lowest BCUT2D eigenvalue weighted by atomic mass is 9.95. The largest absolute Gasteiger partial charge is 0.369 e. The van der Waals surface area contributed by atoms with E-state index in [9.17, 15) is 9.18 Å². The molecule has 2 heterocycles.